The summed E-state index contributed by atoms with van der Waals surface area (Å²) in [6.45, 7) is 7.09. The normalized spacial score (nSPS) is 11.7. The lowest BCUT2D eigenvalue weighted by molar-refractivity contribution is 0.221. The zero-order valence-corrected chi connectivity index (χ0v) is 12.2. The van der Waals surface area contributed by atoms with Crippen LogP contribution in [0.15, 0.2) is 24.3 Å². The van der Waals surface area contributed by atoms with Crippen molar-refractivity contribution in [1.29, 1.82) is 10.8 Å². The lowest BCUT2D eigenvalue weighted by atomic mass is 9.90. The van der Waals surface area contributed by atoms with E-state index in [0.717, 1.165) is 12.8 Å². The van der Waals surface area contributed by atoms with Crippen molar-refractivity contribution >= 4 is 11.4 Å². The van der Waals surface area contributed by atoms with Crippen molar-refractivity contribution in [1.82, 2.24) is 0 Å². The van der Waals surface area contributed by atoms with E-state index in [1.807, 2.05) is 13.8 Å². The number of rotatable bonds is 6. The molecule has 104 valence electrons. The van der Waals surface area contributed by atoms with Gasteiger partial charge in [-0.3, -0.25) is 5.41 Å². The Morgan fingerprint density at radius 3 is 1.95 bits per heavy atom. The minimum Gasteiger partial charge on any atom is -0.303 e. The van der Waals surface area contributed by atoms with Crippen molar-refractivity contribution in [3.63, 3.8) is 0 Å². The van der Waals surface area contributed by atoms with E-state index in [-0.39, 0.29) is 11.6 Å². The maximum absolute atomic E-state index is 13.8. The molecule has 0 aliphatic rings. The third-order valence-corrected chi connectivity index (χ3v) is 3.52. The molecule has 0 saturated carbocycles. The van der Waals surface area contributed by atoms with E-state index < -0.39 is 5.67 Å². The summed E-state index contributed by atoms with van der Waals surface area (Å²) in [5.74, 6) is 0.129. The molecule has 0 radical (unpaired) electrons. The Balaban J connectivity index is 2.93. The van der Waals surface area contributed by atoms with E-state index in [2.05, 4.69) is 0 Å². The molecule has 0 bridgehead atoms. The molecule has 0 fully saturated rings. The number of hydrogen-bond acceptors (Lipinski definition) is 2. The van der Waals surface area contributed by atoms with Crippen molar-refractivity contribution in [2.45, 2.75) is 46.2 Å². The summed E-state index contributed by atoms with van der Waals surface area (Å²) in [5.41, 5.74) is 0.529. The highest BCUT2D eigenvalue weighted by Crippen LogP contribution is 2.25. The molecule has 2 N–H and O–H groups in total. The van der Waals surface area contributed by atoms with Crippen molar-refractivity contribution in [3.05, 3.63) is 35.4 Å². The second-order valence-corrected chi connectivity index (χ2v) is 5.35. The lowest BCUT2D eigenvalue weighted by Gasteiger charge is -2.17. The smallest absolute Gasteiger partial charge is 0.130 e. The van der Waals surface area contributed by atoms with Crippen molar-refractivity contribution in [2.75, 3.05) is 0 Å². The number of nitrogens with one attached hydrogen (secondary N) is 2. The van der Waals surface area contributed by atoms with Gasteiger partial charge in [0.15, 0.2) is 0 Å². The molecular weight excluding hydrogens is 239 g/mol. The predicted molar refractivity (Wildman–Crippen MR) is 79.2 cm³/mol. The molecule has 1 aromatic rings. The fourth-order valence-corrected chi connectivity index (χ4v) is 2.09. The number of hydrogen-bond donors (Lipinski definition) is 2. The monoisotopic (exact) mass is 262 g/mol. The van der Waals surface area contributed by atoms with Crippen LogP contribution in [0.4, 0.5) is 4.39 Å². The van der Waals surface area contributed by atoms with Crippen molar-refractivity contribution < 1.29 is 4.39 Å². The Bertz CT molecular complexity index is 451. The second-order valence-electron chi connectivity index (χ2n) is 5.35. The maximum Gasteiger partial charge on any atom is 0.130 e. The number of benzene rings is 1. The number of halogens is 1. The van der Waals surface area contributed by atoms with Gasteiger partial charge in [0.2, 0.25) is 0 Å². The van der Waals surface area contributed by atoms with Gasteiger partial charge in [0.1, 0.15) is 5.67 Å². The average Bonchev–Trinajstić information content (AvgIpc) is 2.38. The van der Waals surface area contributed by atoms with Crippen LogP contribution in [0.1, 0.15) is 51.7 Å². The summed E-state index contributed by atoms with van der Waals surface area (Å²) < 4.78 is 13.8. The Kier molecular flexibility index (Phi) is 4.98. The van der Waals surface area contributed by atoms with Crippen LogP contribution in [-0.2, 0) is 5.67 Å². The van der Waals surface area contributed by atoms with Crippen molar-refractivity contribution in [3.8, 4) is 0 Å². The molecule has 0 atom stereocenters. The van der Waals surface area contributed by atoms with Crippen LogP contribution in [0.25, 0.3) is 0 Å². The molecule has 0 aliphatic carbocycles. The van der Waals surface area contributed by atoms with Gasteiger partial charge >= 0.3 is 0 Å². The highest BCUT2D eigenvalue weighted by atomic mass is 19.1. The molecule has 3 heteroatoms. The highest BCUT2D eigenvalue weighted by Gasteiger charge is 2.20. The molecule has 0 spiro atoms. The van der Waals surface area contributed by atoms with E-state index >= 15 is 0 Å². The third kappa shape index (κ3) is 3.72. The van der Waals surface area contributed by atoms with Gasteiger partial charge < -0.3 is 5.41 Å². The summed E-state index contributed by atoms with van der Waals surface area (Å²) in [5, 5.41) is 16.1. The zero-order valence-electron chi connectivity index (χ0n) is 12.2. The highest BCUT2D eigenvalue weighted by molar-refractivity contribution is 6.46. The quantitative estimate of drug-likeness (QED) is 0.697. The van der Waals surface area contributed by atoms with Gasteiger partial charge in [-0.2, -0.15) is 0 Å². The molecule has 0 aromatic heterocycles. The maximum atomic E-state index is 13.8. The summed E-state index contributed by atoms with van der Waals surface area (Å²) >= 11 is 0. The van der Waals surface area contributed by atoms with Crippen LogP contribution < -0.4 is 0 Å². The Labute approximate surface area is 115 Å². The molecular formula is C16H23FN2. The zero-order chi connectivity index (χ0) is 14.6. The molecule has 0 saturated heterocycles. The van der Waals surface area contributed by atoms with Crippen LogP contribution in [0.2, 0.25) is 0 Å². The predicted octanol–water partition coefficient (Wildman–Crippen LogP) is 4.72. The second kappa shape index (κ2) is 6.09. The largest absolute Gasteiger partial charge is 0.303 e. The van der Waals surface area contributed by atoms with Crippen LogP contribution in [0, 0.1) is 16.7 Å². The first kappa shape index (κ1) is 15.5. The van der Waals surface area contributed by atoms with Crippen LogP contribution in [-0.4, -0.2) is 11.4 Å². The molecule has 2 nitrogen and oxygen atoms in total. The van der Waals surface area contributed by atoms with Gasteiger partial charge in [-0.1, -0.05) is 38.1 Å². The first-order valence-electron chi connectivity index (χ1n) is 6.78. The Hall–Kier alpha value is -1.51. The Morgan fingerprint density at radius 1 is 1.11 bits per heavy atom. The molecule has 1 aromatic carbocycles. The minimum absolute atomic E-state index is 0.129. The van der Waals surface area contributed by atoms with Crippen molar-refractivity contribution in [2.24, 2.45) is 5.92 Å². The van der Waals surface area contributed by atoms with Gasteiger partial charge in [0.05, 0.1) is 11.4 Å². The molecule has 0 aliphatic heterocycles. The van der Waals surface area contributed by atoms with E-state index in [0.29, 0.717) is 16.8 Å². The van der Waals surface area contributed by atoms with Crippen LogP contribution in [0.3, 0.4) is 0 Å². The van der Waals surface area contributed by atoms with Gasteiger partial charge in [-0.05, 0) is 32.3 Å². The van der Waals surface area contributed by atoms with Gasteiger partial charge in [-0.25, -0.2) is 4.39 Å². The van der Waals surface area contributed by atoms with Gasteiger partial charge in [-0.15, -0.1) is 0 Å². The fourth-order valence-electron chi connectivity index (χ4n) is 2.09. The number of alkyl halides is 1. The molecule has 1 rings (SSSR count). The summed E-state index contributed by atoms with van der Waals surface area (Å²) in [6.07, 6.45) is 1.74. The van der Waals surface area contributed by atoms with E-state index in [9.17, 15) is 4.39 Å². The fraction of sp³-hybridized carbons (Fsp3) is 0.500. The van der Waals surface area contributed by atoms with E-state index in [1.54, 1.807) is 24.3 Å². The standard InChI is InChI=1S/C16H23FN2/c1-5-11(6-2)14(18)15(19)12-7-9-13(10-8-12)16(3,4)17/h7-11,18-19H,5-6H2,1-4H3. The average molecular weight is 262 g/mol. The topological polar surface area (TPSA) is 47.7 Å². The lowest BCUT2D eigenvalue weighted by Crippen LogP contribution is -2.22. The summed E-state index contributed by atoms with van der Waals surface area (Å²) in [6, 6.07) is 6.86. The molecule has 0 amide bonds. The third-order valence-electron chi connectivity index (χ3n) is 3.52. The van der Waals surface area contributed by atoms with E-state index in [4.69, 9.17) is 10.8 Å². The van der Waals surface area contributed by atoms with Gasteiger partial charge in [0.25, 0.3) is 0 Å². The van der Waals surface area contributed by atoms with Gasteiger partial charge in [0, 0.05) is 11.5 Å². The van der Waals surface area contributed by atoms with Crippen LogP contribution in [0.5, 0.6) is 0 Å². The Morgan fingerprint density at radius 2 is 1.58 bits per heavy atom. The van der Waals surface area contributed by atoms with Crippen LogP contribution >= 0.6 is 0 Å². The molecule has 0 heterocycles. The summed E-state index contributed by atoms with van der Waals surface area (Å²) in [7, 11) is 0. The molecule has 19 heavy (non-hydrogen) atoms. The minimum atomic E-state index is -1.37. The SMILES string of the molecule is CCC(CC)C(=N)C(=N)c1ccc(C(C)(C)F)cc1. The van der Waals surface area contributed by atoms with E-state index in [1.165, 1.54) is 13.8 Å². The first-order chi connectivity index (χ1) is 8.81. The summed E-state index contributed by atoms with van der Waals surface area (Å²) in [4.78, 5) is 0. The molecule has 0 unspecified atom stereocenters. The first-order valence-corrected chi connectivity index (χ1v) is 6.78.